The van der Waals surface area contributed by atoms with Gasteiger partial charge in [0.25, 0.3) is 5.91 Å². The van der Waals surface area contributed by atoms with E-state index in [1.165, 1.54) is 51.4 Å². The quantitative estimate of drug-likeness (QED) is 0.0888. The summed E-state index contributed by atoms with van der Waals surface area (Å²) < 4.78 is 7.32. The Kier molecular flexibility index (Phi) is 11.0. The molecule has 1 fully saturated rings. The average Bonchev–Trinajstić information content (AvgIpc) is 3.82. The average molecular weight is 749 g/mol. The van der Waals surface area contributed by atoms with E-state index in [2.05, 4.69) is 31.5 Å². The number of aromatic nitrogens is 4. The third kappa shape index (κ3) is 7.92. The first-order chi connectivity index (χ1) is 24.6. The molecule has 18 heteroatoms. The third-order valence-electron chi connectivity index (χ3n) is 8.01. The lowest BCUT2D eigenvalue weighted by atomic mass is 10.0. The van der Waals surface area contributed by atoms with Crippen molar-refractivity contribution in [3.05, 3.63) is 105 Å². The van der Waals surface area contributed by atoms with E-state index in [0.717, 1.165) is 11.1 Å². The molecule has 0 aliphatic carbocycles. The SMILES string of the molecule is CC(NC(=O)NC(C(=O)N[C@H]1C(=O)N2C(C(=O)O)=C(CSc3nnnn3C)CSC12)c1cccs1)C(=O)OC(c1ccccc1)c1ccccc1. The van der Waals surface area contributed by atoms with Crippen molar-refractivity contribution in [3.8, 4) is 0 Å². The number of aryl methyl sites for hydroxylation is 1. The highest BCUT2D eigenvalue weighted by Crippen LogP contribution is 2.41. The number of amides is 4. The van der Waals surface area contributed by atoms with Gasteiger partial charge >= 0.3 is 18.0 Å². The van der Waals surface area contributed by atoms with E-state index >= 15 is 0 Å². The molecule has 2 aliphatic rings. The Bertz CT molecular complexity index is 1900. The zero-order valence-corrected chi connectivity index (χ0v) is 29.6. The number of urea groups is 1. The number of thioether (sulfide) groups is 2. The second-order valence-corrected chi connectivity index (χ2v) is 14.5. The van der Waals surface area contributed by atoms with Crippen LogP contribution in [0.3, 0.4) is 0 Å². The molecule has 264 valence electrons. The molecule has 3 unspecified atom stereocenters. The van der Waals surface area contributed by atoms with Crippen LogP contribution in [0, 0.1) is 0 Å². The van der Waals surface area contributed by atoms with Gasteiger partial charge in [-0.15, -0.1) is 28.2 Å². The Labute approximate surface area is 304 Å². The smallest absolute Gasteiger partial charge is 0.352 e. The predicted molar refractivity (Wildman–Crippen MR) is 188 cm³/mol. The van der Waals surface area contributed by atoms with Gasteiger partial charge in [0.1, 0.15) is 29.2 Å². The molecule has 0 radical (unpaired) electrons. The zero-order valence-electron chi connectivity index (χ0n) is 27.2. The van der Waals surface area contributed by atoms with Crippen LogP contribution in [0.1, 0.15) is 35.1 Å². The highest BCUT2D eigenvalue weighted by atomic mass is 32.2. The van der Waals surface area contributed by atoms with Gasteiger partial charge in [-0.05, 0) is 45.5 Å². The van der Waals surface area contributed by atoms with Gasteiger partial charge in [0, 0.05) is 23.4 Å². The number of hydrogen-bond acceptors (Lipinski definition) is 12. The Morgan fingerprint density at radius 1 is 1.02 bits per heavy atom. The van der Waals surface area contributed by atoms with Crippen molar-refractivity contribution < 1.29 is 33.8 Å². The van der Waals surface area contributed by atoms with Crippen LogP contribution in [-0.4, -0.2) is 89.0 Å². The van der Waals surface area contributed by atoms with Crippen molar-refractivity contribution in [3.63, 3.8) is 0 Å². The number of fused-ring (bicyclic) bond motifs is 1. The van der Waals surface area contributed by atoms with E-state index in [0.29, 0.717) is 21.4 Å². The number of nitrogens with zero attached hydrogens (tertiary/aromatic N) is 5. The summed E-state index contributed by atoms with van der Waals surface area (Å²) in [5.74, 6) is -2.65. The van der Waals surface area contributed by atoms with E-state index < -0.39 is 59.4 Å². The summed E-state index contributed by atoms with van der Waals surface area (Å²) >= 11 is 3.79. The van der Waals surface area contributed by atoms with Gasteiger partial charge in [-0.1, -0.05) is 78.5 Å². The molecular formula is C33H32N8O7S3. The van der Waals surface area contributed by atoms with E-state index in [4.69, 9.17) is 4.74 Å². The van der Waals surface area contributed by atoms with Crippen molar-refractivity contribution in [1.82, 2.24) is 41.1 Å². The number of esters is 1. The fraction of sp³-hybridized carbons (Fsp3) is 0.273. The van der Waals surface area contributed by atoms with Gasteiger partial charge in [0.15, 0.2) is 6.10 Å². The highest BCUT2D eigenvalue weighted by molar-refractivity contribution is 8.01. The molecule has 4 aromatic rings. The van der Waals surface area contributed by atoms with Crippen LogP contribution in [-0.2, 0) is 31.0 Å². The minimum Gasteiger partial charge on any atom is -0.477 e. The first-order valence-electron chi connectivity index (χ1n) is 15.6. The number of benzene rings is 2. The second-order valence-electron chi connectivity index (χ2n) is 11.5. The van der Waals surface area contributed by atoms with E-state index in [9.17, 15) is 29.1 Å². The number of thiophene rings is 1. The highest BCUT2D eigenvalue weighted by Gasteiger charge is 2.54. The monoisotopic (exact) mass is 748 g/mol. The Hall–Kier alpha value is -5.20. The van der Waals surface area contributed by atoms with Crippen LogP contribution in [0.25, 0.3) is 0 Å². The number of nitrogens with one attached hydrogen (secondary N) is 3. The van der Waals surface area contributed by atoms with E-state index in [1.807, 2.05) is 60.7 Å². The molecule has 2 aliphatic heterocycles. The number of tetrazole rings is 1. The molecule has 4 N–H and O–H groups in total. The van der Waals surface area contributed by atoms with Gasteiger partial charge in [-0.2, -0.15) is 0 Å². The molecular weight excluding hydrogens is 717 g/mol. The molecule has 2 aromatic heterocycles. The molecule has 0 spiro atoms. The number of carboxylic acid groups (broad SMARTS) is 1. The number of β-lactam (4-membered cyclic amide) rings is 1. The molecule has 2 aromatic carbocycles. The molecule has 15 nitrogen and oxygen atoms in total. The van der Waals surface area contributed by atoms with Crippen LogP contribution in [0.4, 0.5) is 4.79 Å². The van der Waals surface area contributed by atoms with E-state index in [1.54, 1.807) is 24.6 Å². The molecule has 1 saturated heterocycles. The third-order valence-corrected chi connectivity index (χ3v) is 11.4. The van der Waals surface area contributed by atoms with Crippen molar-refractivity contribution in [2.45, 2.75) is 41.7 Å². The summed E-state index contributed by atoms with van der Waals surface area (Å²) in [5, 5.41) is 30.7. The molecule has 4 atom stereocenters. The number of aliphatic carboxylic acids is 1. The van der Waals surface area contributed by atoms with Crippen molar-refractivity contribution in [1.29, 1.82) is 0 Å². The van der Waals surface area contributed by atoms with Gasteiger partial charge in [-0.25, -0.2) is 19.1 Å². The second kappa shape index (κ2) is 15.8. The summed E-state index contributed by atoms with van der Waals surface area (Å²) in [6.45, 7) is 1.47. The van der Waals surface area contributed by atoms with Crippen molar-refractivity contribution in [2.75, 3.05) is 11.5 Å². The fourth-order valence-electron chi connectivity index (χ4n) is 5.48. The lowest BCUT2D eigenvalue weighted by molar-refractivity contribution is -0.151. The zero-order chi connectivity index (χ0) is 36.1. The lowest BCUT2D eigenvalue weighted by Crippen LogP contribution is -2.71. The standard InChI is InChI=1S/C33H32N8O7S3/c1-18(31(46)48-26(19-10-5-3-6-11-19)20-12-7-4-8-13-20)34-32(47)36-23(22-14-9-15-49-22)27(42)35-24-28(43)41-25(30(44)45)21(16-50-29(24)41)17-51-33-37-38-39-40(33)2/h3-15,18,23-24,26,29H,16-17H2,1-2H3,(H,35,42)(H,44,45)(H2,34,36,47)/t18?,23?,24-,29?/m0/s1. The predicted octanol–water partition coefficient (Wildman–Crippen LogP) is 2.86. The molecule has 4 heterocycles. The number of carbonyl (C=O) groups excluding carboxylic acids is 4. The van der Waals surface area contributed by atoms with Gasteiger partial charge < -0.3 is 25.8 Å². The molecule has 51 heavy (non-hydrogen) atoms. The first kappa shape index (κ1) is 35.6. The normalized spacial score (nSPS) is 17.9. The lowest BCUT2D eigenvalue weighted by Gasteiger charge is -2.49. The van der Waals surface area contributed by atoms with Gasteiger partial charge in [-0.3, -0.25) is 14.5 Å². The minimum atomic E-state index is -1.26. The Balaban J connectivity index is 1.09. The van der Waals surface area contributed by atoms with Gasteiger partial charge in [0.05, 0.1) is 0 Å². The summed E-state index contributed by atoms with van der Waals surface area (Å²) in [5.41, 5.74) is 1.90. The van der Waals surface area contributed by atoms with Crippen molar-refractivity contribution in [2.24, 2.45) is 7.05 Å². The summed E-state index contributed by atoms with van der Waals surface area (Å²) in [7, 11) is 1.66. The maximum absolute atomic E-state index is 13.7. The Morgan fingerprint density at radius 3 is 2.29 bits per heavy atom. The largest absolute Gasteiger partial charge is 0.477 e. The number of rotatable bonds is 13. The van der Waals surface area contributed by atoms with E-state index in [-0.39, 0.29) is 11.4 Å². The molecule has 4 amide bonds. The minimum absolute atomic E-state index is 0.133. The molecule has 0 bridgehead atoms. The van der Waals surface area contributed by atoms with Crippen LogP contribution in [0.2, 0.25) is 0 Å². The molecule has 0 saturated carbocycles. The maximum Gasteiger partial charge on any atom is 0.352 e. The van der Waals surface area contributed by atoms with Crippen LogP contribution in [0.15, 0.2) is 94.6 Å². The topological polar surface area (TPSA) is 198 Å². The summed E-state index contributed by atoms with van der Waals surface area (Å²) in [6, 6.07) is 17.7. The fourth-order valence-corrected chi connectivity index (χ4v) is 8.59. The van der Waals surface area contributed by atoms with Crippen LogP contribution in [0.5, 0.6) is 0 Å². The number of ether oxygens (including phenoxy) is 1. The number of carboxylic acids is 1. The van der Waals surface area contributed by atoms with Crippen molar-refractivity contribution >= 4 is 64.6 Å². The number of carbonyl (C=O) groups is 5. The van der Waals surface area contributed by atoms with Gasteiger partial charge in [0.2, 0.25) is 11.1 Å². The summed E-state index contributed by atoms with van der Waals surface area (Å²) in [4.78, 5) is 67.4. The van der Waals surface area contributed by atoms with Crippen LogP contribution >= 0.6 is 34.9 Å². The first-order valence-corrected chi connectivity index (χ1v) is 18.5. The summed E-state index contributed by atoms with van der Waals surface area (Å²) in [6.07, 6.45) is -0.712. The molecule has 6 rings (SSSR count). The number of hydrogen-bond donors (Lipinski definition) is 4. The maximum atomic E-state index is 13.7. The Morgan fingerprint density at radius 2 is 1.71 bits per heavy atom. The van der Waals surface area contributed by atoms with Crippen LogP contribution < -0.4 is 16.0 Å².